The minimum atomic E-state index is -0.241. The molecule has 0 bridgehead atoms. The summed E-state index contributed by atoms with van der Waals surface area (Å²) in [6.45, 7) is 0.0335. The van der Waals surface area contributed by atoms with Gasteiger partial charge in [-0.25, -0.2) is 0 Å². The number of nitrogens with two attached hydrogens (primary N) is 1. The minimum absolute atomic E-state index is 0. The fourth-order valence-corrected chi connectivity index (χ4v) is 2.59. The topological polar surface area (TPSA) is 85.7 Å². The number of fused-ring (bicyclic) bond motifs is 1. The van der Waals surface area contributed by atoms with Gasteiger partial charge in [-0.2, -0.15) is 0 Å². The molecule has 0 amide bonds. The normalized spacial score (nSPS) is 11.8. The number of methoxy groups -OCH3 is 1. The molecule has 0 aliphatic rings. The Kier molecular flexibility index (Phi) is 6.20. The van der Waals surface area contributed by atoms with Gasteiger partial charge in [-0.15, -0.1) is 12.4 Å². The number of carbonyl (C=O) groups excluding carboxylic acids is 1. The summed E-state index contributed by atoms with van der Waals surface area (Å²) in [5, 5.41) is 9.82. The highest BCUT2D eigenvalue weighted by molar-refractivity contribution is 6.09. The Morgan fingerprint density at radius 1 is 1.20 bits per heavy atom. The summed E-state index contributed by atoms with van der Waals surface area (Å²) in [4.78, 5) is 12.5. The number of rotatable bonds is 6. The number of aliphatic hydroxyl groups excluding tert-OH is 1. The van der Waals surface area contributed by atoms with Crippen molar-refractivity contribution in [2.75, 3.05) is 13.7 Å². The van der Waals surface area contributed by atoms with Crippen LogP contribution in [-0.2, 0) is 0 Å². The van der Waals surface area contributed by atoms with E-state index < -0.39 is 0 Å². The van der Waals surface area contributed by atoms with E-state index in [1.165, 1.54) is 0 Å². The Morgan fingerprint density at radius 2 is 1.92 bits per heavy atom. The molecule has 1 aromatic heterocycles. The molecule has 0 saturated heterocycles. The van der Waals surface area contributed by atoms with Gasteiger partial charge in [0.25, 0.3) is 0 Å². The Labute approximate surface area is 151 Å². The lowest BCUT2D eigenvalue weighted by molar-refractivity contribution is 0.101. The maximum Gasteiger partial charge on any atom is 0.228 e. The molecule has 1 unspecified atom stereocenters. The van der Waals surface area contributed by atoms with Crippen LogP contribution in [0.15, 0.2) is 52.9 Å². The molecule has 0 aliphatic heterocycles. The fraction of sp³-hybridized carbons (Fsp3) is 0.211. The van der Waals surface area contributed by atoms with Crippen molar-refractivity contribution in [1.82, 2.24) is 0 Å². The highest BCUT2D eigenvalue weighted by Crippen LogP contribution is 2.26. The molecule has 0 radical (unpaired) electrons. The maximum atomic E-state index is 12.5. The van der Waals surface area contributed by atoms with Gasteiger partial charge in [-0.1, -0.05) is 6.07 Å². The number of ether oxygens (including phenoxy) is 1. The second-order valence-electron chi connectivity index (χ2n) is 5.58. The molecule has 1 heterocycles. The quantitative estimate of drug-likeness (QED) is 0.656. The molecule has 3 N–H and O–H groups in total. The number of aliphatic hydroxyl groups is 1. The summed E-state index contributed by atoms with van der Waals surface area (Å²) >= 11 is 0. The van der Waals surface area contributed by atoms with Crippen molar-refractivity contribution in [2.24, 2.45) is 5.73 Å². The van der Waals surface area contributed by atoms with Gasteiger partial charge in [0.05, 0.1) is 7.11 Å². The number of furan rings is 1. The summed E-state index contributed by atoms with van der Waals surface area (Å²) in [5.74, 6) is 0.789. The van der Waals surface area contributed by atoms with Gasteiger partial charge in [0.15, 0.2) is 5.76 Å². The van der Waals surface area contributed by atoms with Gasteiger partial charge < -0.3 is 20.0 Å². The van der Waals surface area contributed by atoms with E-state index in [1.54, 1.807) is 43.5 Å². The van der Waals surface area contributed by atoms with Crippen LogP contribution in [-0.4, -0.2) is 24.6 Å². The lowest BCUT2D eigenvalue weighted by Gasteiger charge is -2.09. The van der Waals surface area contributed by atoms with Crippen LogP contribution in [0.2, 0.25) is 0 Å². The molecular weight excluding hydrogens is 342 g/mol. The second-order valence-corrected chi connectivity index (χ2v) is 5.58. The number of ketones is 1. The van der Waals surface area contributed by atoms with E-state index in [0.717, 1.165) is 10.9 Å². The van der Waals surface area contributed by atoms with Crippen LogP contribution in [0, 0.1) is 0 Å². The average molecular weight is 362 g/mol. The molecule has 2 aromatic carbocycles. The summed E-state index contributed by atoms with van der Waals surface area (Å²) in [5.41, 5.74) is 8.08. The van der Waals surface area contributed by atoms with Crippen LogP contribution in [0.1, 0.15) is 34.1 Å². The highest BCUT2D eigenvalue weighted by atomic mass is 35.5. The molecule has 0 spiro atoms. The second kappa shape index (κ2) is 8.16. The van der Waals surface area contributed by atoms with Crippen LogP contribution < -0.4 is 10.5 Å². The first-order valence-corrected chi connectivity index (χ1v) is 7.71. The lowest BCUT2D eigenvalue weighted by atomic mass is 10.0. The Hall–Kier alpha value is -2.34. The molecule has 0 saturated carbocycles. The summed E-state index contributed by atoms with van der Waals surface area (Å²) in [6, 6.07) is 13.9. The van der Waals surface area contributed by atoms with Crippen LogP contribution in [0.4, 0.5) is 0 Å². The fourth-order valence-electron chi connectivity index (χ4n) is 2.59. The predicted molar refractivity (Wildman–Crippen MR) is 98.5 cm³/mol. The largest absolute Gasteiger partial charge is 0.497 e. The van der Waals surface area contributed by atoms with Gasteiger partial charge in [0, 0.05) is 23.6 Å². The number of carbonyl (C=O) groups is 1. The van der Waals surface area contributed by atoms with Crippen LogP contribution in [0.5, 0.6) is 5.75 Å². The van der Waals surface area contributed by atoms with E-state index >= 15 is 0 Å². The SMILES string of the molecule is COc1ccc(C(=O)c2cc3cc(C(N)CCO)ccc3o2)cc1.Cl. The molecule has 25 heavy (non-hydrogen) atoms. The number of benzene rings is 2. The van der Waals surface area contributed by atoms with Crippen LogP contribution >= 0.6 is 12.4 Å². The summed E-state index contributed by atoms with van der Waals surface area (Å²) in [7, 11) is 1.58. The molecule has 3 rings (SSSR count). The van der Waals surface area contributed by atoms with Crippen molar-refractivity contribution in [3.63, 3.8) is 0 Å². The maximum absolute atomic E-state index is 12.5. The molecule has 1 atom stereocenters. The monoisotopic (exact) mass is 361 g/mol. The number of halogens is 1. The summed E-state index contributed by atoms with van der Waals surface area (Å²) < 4.78 is 10.8. The smallest absolute Gasteiger partial charge is 0.228 e. The van der Waals surface area contributed by atoms with Gasteiger partial charge in [-0.05, 0) is 54.4 Å². The van der Waals surface area contributed by atoms with Gasteiger partial charge in [-0.3, -0.25) is 4.79 Å². The predicted octanol–water partition coefficient (Wildman–Crippen LogP) is 3.48. The van der Waals surface area contributed by atoms with E-state index in [0.29, 0.717) is 23.3 Å². The van der Waals surface area contributed by atoms with Crippen molar-refractivity contribution in [2.45, 2.75) is 12.5 Å². The molecule has 0 fully saturated rings. The third-order valence-electron chi connectivity index (χ3n) is 3.98. The molecule has 132 valence electrons. The van der Waals surface area contributed by atoms with Gasteiger partial charge in [0.1, 0.15) is 11.3 Å². The first kappa shape index (κ1) is 19.0. The number of hydrogen-bond acceptors (Lipinski definition) is 5. The molecule has 5 nitrogen and oxygen atoms in total. The van der Waals surface area contributed by atoms with Crippen molar-refractivity contribution >= 4 is 29.2 Å². The minimum Gasteiger partial charge on any atom is -0.497 e. The zero-order chi connectivity index (χ0) is 17.1. The van der Waals surface area contributed by atoms with Gasteiger partial charge >= 0.3 is 0 Å². The number of hydrogen-bond donors (Lipinski definition) is 2. The average Bonchev–Trinajstić information content (AvgIpc) is 3.04. The van der Waals surface area contributed by atoms with Crippen molar-refractivity contribution < 1.29 is 19.1 Å². The Bertz CT molecular complexity index is 857. The van der Waals surface area contributed by atoms with Crippen LogP contribution in [0.3, 0.4) is 0 Å². The first-order valence-electron chi connectivity index (χ1n) is 7.71. The Morgan fingerprint density at radius 3 is 2.56 bits per heavy atom. The molecule has 0 aliphatic carbocycles. The van der Waals surface area contributed by atoms with E-state index in [1.807, 2.05) is 12.1 Å². The van der Waals surface area contributed by atoms with E-state index in [-0.39, 0.29) is 36.6 Å². The molecule has 6 heteroatoms. The van der Waals surface area contributed by atoms with Crippen molar-refractivity contribution in [1.29, 1.82) is 0 Å². The van der Waals surface area contributed by atoms with Gasteiger partial charge in [0.2, 0.25) is 5.78 Å². The Balaban J connectivity index is 0.00000225. The third-order valence-corrected chi connectivity index (χ3v) is 3.98. The van der Waals surface area contributed by atoms with Crippen LogP contribution in [0.25, 0.3) is 11.0 Å². The van der Waals surface area contributed by atoms with Crippen molar-refractivity contribution in [3.8, 4) is 5.75 Å². The summed E-state index contributed by atoms with van der Waals surface area (Å²) in [6.07, 6.45) is 0.487. The first-order chi connectivity index (χ1) is 11.6. The highest BCUT2D eigenvalue weighted by Gasteiger charge is 2.16. The zero-order valence-corrected chi connectivity index (χ0v) is 14.6. The van der Waals surface area contributed by atoms with E-state index in [9.17, 15) is 4.79 Å². The standard InChI is InChI=1S/C19H19NO4.ClH/c1-23-15-5-2-12(3-6-15)19(22)18-11-14-10-13(16(20)8-9-21)4-7-17(14)24-18;/h2-7,10-11,16,21H,8-9,20H2,1H3;1H. The molecule has 3 aromatic rings. The zero-order valence-electron chi connectivity index (χ0n) is 13.8. The van der Waals surface area contributed by atoms with Crippen molar-refractivity contribution in [3.05, 3.63) is 65.4 Å². The lowest BCUT2D eigenvalue weighted by Crippen LogP contribution is -2.11. The molecular formula is C19H20ClNO4. The van der Waals surface area contributed by atoms with E-state index in [4.69, 9.17) is 20.0 Å². The van der Waals surface area contributed by atoms with E-state index in [2.05, 4.69) is 0 Å². The third kappa shape index (κ3) is 4.02.